The van der Waals surface area contributed by atoms with Gasteiger partial charge in [-0.05, 0) is 24.6 Å². The molecular formula is C19H19NO7S. The number of thioether (sulfide) groups is 1. The second kappa shape index (κ2) is 7.97. The van der Waals surface area contributed by atoms with E-state index >= 15 is 0 Å². The summed E-state index contributed by atoms with van der Waals surface area (Å²) >= 11 is 1.30. The molecule has 3 atom stereocenters. The molecule has 148 valence electrons. The van der Waals surface area contributed by atoms with Crippen molar-refractivity contribution in [1.29, 1.82) is 0 Å². The van der Waals surface area contributed by atoms with Crippen LogP contribution in [0.5, 0.6) is 11.5 Å². The lowest BCUT2D eigenvalue weighted by molar-refractivity contribution is -0.166. The Morgan fingerprint density at radius 2 is 2.11 bits per heavy atom. The number of fused-ring (bicyclic) bond motifs is 1. The zero-order valence-corrected chi connectivity index (χ0v) is 15.8. The fourth-order valence-corrected chi connectivity index (χ4v) is 4.36. The number of phenolic OH excluding ortho intramolecular Hbond substituents is 2. The van der Waals surface area contributed by atoms with Gasteiger partial charge in [0, 0.05) is 5.41 Å². The Bertz CT molecular complexity index is 866. The molecule has 0 saturated carbocycles. The molecule has 1 fully saturated rings. The molecule has 0 spiro atoms. The molecule has 1 aromatic rings. The number of aromatic hydroxyl groups is 2. The first-order valence-electron chi connectivity index (χ1n) is 8.50. The van der Waals surface area contributed by atoms with Crippen molar-refractivity contribution in [3.8, 4) is 11.5 Å². The zero-order chi connectivity index (χ0) is 20.4. The quantitative estimate of drug-likeness (QED) is 0.305. The van der Waals surface area contributed by atoms with Crippen molar-refractivity contribution < 1.29 is 34.1 Å². The predicted molar refractivity (Wildman–Crippen MR) is 100.0 cm³/mol. The van der Waals surface area contributed by atoms with Crippen LogP contribution in [0.3, 0.4) is 0 Å². The van der Waals surface area contributed by atoms with E-state index in [-0.39, 0.29) is 41.5 Å². The number of hydrogen-bond donors (Lipinski definition) is 2. The predicted octanol–water partition coefficient (Wildman–Crippen LogP) is 1.67. The number of phenols is 2. The van der Waals surface area contributed by atoms with Crippen LogP contribution in [0.15, 0.2) is 42.0 Å². The number of carbonyl (C=O) groups excluding carboxylic acids is 3. The monoisotopic (exact) mass is 405 g/mol. The zero-order valence-electron chi connectivity index (χ0n) is 15.0. The van der Waals surface area contributed by atoms with Gasteiger partial charge >= 0.3 is 11.9 Å². The molecule has 28 heavy (non-hydrogen) atoms. The van der Waals surface area contributed by atoms with E-state index in [1.807, 2.05) is 0 Å². The Morgan fingerprint density at radius 3 is 2.79 bits per heavy atom. The highest BCUT2D eigenvalue weighted by molar-refractivity contribution is 8.03. The van der Waals surface area contributed by atoms with E-state index in [9.17, 15) is 24.6 Å². The summed E-state index contributed by atoms with van der Waals surface area (Å²) in [6.45, 7) is 5.15. The minimum absolute atomic E-state index is 0.0534. The van der Waals surface area contributed by atoms with E-state index in [0.717, 1.165) is 0 Å². The van der Waals surface area contributed by atoms with Crippen LogP contribution in [0.1, 0.15) is 12.5 Å². The smallest absolute Gasteiger partial charge is 0.355 e. The van der Waals surface area contributed by atoms with Gasteiger partial charge in [-0.25, -0.2) is 4.79 Å². The average molecular weight is 405 g/mol. The summed E-state index contributed by atoms with van der Waals surface area (Å²) in [5.74, 6) is -2.64. The Morgan fingerprint density at radius 1 is 1.36 bits per heavy atom. The van der Waals surface area contributed by atoms with Gasteiger partial charge in [0.1, 0.15) is 29.7 Å². The molecule has 9 heteroatoms. The maximum absolute atomic E-state index is 12.5. The summed E-state index contributed by atoms with van der Waals surface area (Å²) in [7, 11) is 0. The van der Waals surface area contributed by atoms with E-state index < -0.39 is 24.0 Å². The van der Waals surface area contributed by atoms with Gasteiger partial charge in [-0.2, -0.15) is 0 Å². The van der Waals surface area contributed by atoms with E-state index in [1.165, 1.54) is 40.9 Å². The highest BCUT2D eigenvalue weighted by atomic mass is 32.2. The average Bonchev–Trinajstić information content (AvgIpc) is 3.02. The molecule has 0 bridgehead atoms. The van der Waals surface area contributed by atoms with E-state index in [4.69, 9.17) is 9.47 Å². The SMILES string of the molecule is C=CCOC(=O)C1=CS[C@H]2[C@@H]([C@@H](C)OC(=O)Cc3ccc(O)c(O)c3)C(=O)N12. The molecule has 0 aliphatic carbocycles. The van der Waals surface area contributed by atoms with Crippen molar-refractivity contribution in [3.05, 3.63) is 47.5 Å². The summed E-state index contributed by atoms with van der Waals surface area (Å²) in [6.07, 6.45) is 0.642. The number of esters is 2. The molecule has 2 aliphatic rings. The second-order valence-electron chi connectivity index (χ2n) is 6.35. The Labute approximate surface area is 165 Å². The third kappa shape index (κ3) is 3.70. The Balaban J connectivity index is 1.56. The highest BCUT2D eigenvalue weighted by Gasteiger charge is 2.56. The number of benzene rings is 1. The topological polar surface area (TPSA) is 113 Å². The largest absolute Gasteiger partial charge is 0.504 e. The van der Waals surface area contributed by atoms with Gasteiger partial charge < -0.3 is 19.7 Å². The Hall–Kier alpha value is -2.94. The molecule has 1 saturated heterocycles. The van der Waals surface area contributed by atoms with Gasteiger partial charge in [-0.15, -0.1) is 11.8 Å². The summed E-state index contributed by atoms with van der Waals surface area (Å²) in [5, 5.41) is 20.0. The molecule has 2 heterocycles. The molecule has 2 aliphatic heterocycles. The van der Waals surface area contributed by atoms with Gasteiger partial charge in [-0.3, -0.25) is 14.5 Å². The maximum atomic E-state index is 12.5. The number of rotatable bonds is 7. The number of amides is 1. The summed E-state index contributed by atoms with van der Waals surface area (Å²) < 4.78 is 10.3. The van der Waals surface area contributed by atoms with Crippen molar-refractivity contribution in [1.82, 2.24) is 4.90 Å². The van der Waals surface area contributed by atoms with Gasteiger partial charge in [0.25, 0.3) is 0 Å². The van der Waals surface area contributed by atoms with Crippen LogP contribution < -0.4 is 0 Å². The standard InChI is InChI=1S/C19H19NO7S/c1-3-6-26-19(25)12-9-28-18-16(17(24)20(12)18)10(2)27-15(23)8-11-4-5-13(21)14(22)7-11/h3-5,7,9-10,16,18,21-22H,1,6,8H2,2H3/t10-,16+,18+/m1/s1. The lowest BCUT2D eigenvalue weighted by atomic mass is 9.92. The molecule has 0 unspecified atom stereocenters. The normalized spacial score (nSPS) is 21.2. The summed E-state index contributed by atoms with van der Waals surface area (Å²) in [6, 6.07) is 4.05. The van der Waals surface area contributed by atoms with Crippen molar-refractivity contribution >= 4 is 29.6 Å². The van der Waals surface area contributed by atoms with Gasteiger partial charge in [0.15, 0.2) is 11.5 Å². The van der Waals surface area contributed by atoms with Crippen LogP contribution in [0.4, 0.5) is 0 Å². The molecular weight excluding hydrogens is 386 g/mol. The number of nitrogens with zero attached hydrogens (tertiary/aromatic N) is 1. The first-order valence-corrected chi connectivity index (χ1v) is 9.44. The van der Waals surface area contributed by atoms with Gasteiger partial charge in [0.2, 0.25) is 5.91 Å². The van der Waals surface area contributed by atoms with E-state index in [2.05, 4.69) is 6.58 Å². The molecule has 0 radical (unpaired) electrons. The van der Waals surface area contributed by atoms with E-state index in [0.29, 0.717) is 5.56 Å². The maximum Gasteiger partial charge on any atom is 0.355 e. The number of hydrogen-bond acceptors (Lipinski definition) is 8. The lowest BCUT2D eigenvalue weighted by Gasteiger charge is -2.44. The van der Waals surface area contributed by atoms with Crippen molar-refractivity contribution in [3.63, 3.8) is 0 Å². The van der Waals surface area contributed by atoms with Crippen molar-refractivity contribution in [2.24, 2.45) is 5.92 Å². The van der Waals surface area contributed by atoms with Gasteiger partial charge in [-0.1, -0.05) is 18.7 Å². The van der Waals surface area contributed by atoms with Gasteiger partial charge in [0.05, 0.1) is 6.42 Å². The number of β-lactam (4-membered cyclic amide) rings is 1. The lowest BCUT2D eigenvalue weighted by Crippen LogP contribution is -2.61. The molecule has 1 amide bonds. The van der Waals surface area contributed by atoms with Crippen LogP contribution in [0.25, 0.3) is 0 Å². The summed E-state index contributed by atoms with van der Waals surface area (Å²) in [4.78, 5) is 38.0. The third-order valence-electron chi connectivity index (χ3n) is 4.42. The fraction of sp³-hybridized carbons (Fsp3) is 0.316. The minimum atomic E-state index is -0.684. The second-order valence-corrected chi connectivity index (χ2v) is 7.34. The van der Waals surface area contributed by atoms with Crippen LogP contribution >= 0.6 is 11.8 Å². The number of ether oxygens (including phenoxy) is 2. The number of carbonyl (C=O) groups is 3. The fourth-order valence-electron chi connectivity index (χ4n) is 3.03. The minimum Gasteiger partial charge on any atom is -0.504 e. The first kappa shape index (κ1) is 19.8. The molecule has 1 aromatic carbocycles. The van der Waals surface area contributed by atoms with Crippen LogP contribution in [0.2, 0.25) is 0 Å². The molecule has 8 nitrogen and oxygen atoms in total. The first-order chi connectivity index (χ1) is 13.3. The van der Waals surface area contributed by atoms with Crippen LogP contribution in [-0.2, 0) is 30.3 Å². The third-order valence-corrected chi connectivity index (χ3v) is 5.56. The van der Waals surface area contributed by atoms with Crippen molar-refractivity contribution in [2.45, 2.75) is 24.8 Å². The van der Waals surface area contributed by atoms with Crippen molar-refractivity contribution in [2.75, 3.05) is 6.61 Å². The molecule has 2 N–H and O–H groups in total. The van der Waals surface area contributed by atoms with Crippen LogP contribution in [0, 0.1) is 5.92 Å². The molecule has 0 aromatic heterocycles. The van der Waals surface area contributed by atoms with E-state index in [1.54, 1.807) is 12.3 Å². The summed E-state index contributed by atoms with van der Waals surface area (Å²) in [5.41, 5.74) is 0.648. The Kier molecular flexibility index (Phi) is 5.64. The highest BCUT2D eigenvalue weighted by Crippen LogP contribution is 2.46. The molecule has 3 rings (SSSR count). The van der Waals surface area contributed by atoms with Crippen LogP contribution in [-0.4, -0.2) is 51.0 Å².